The molecule has 8 nitrogen and oxygen atoms in total. The van der Waals surface area contributed by atoms with Gasteiger partial charge in [-0.15, -0.1) is 5.10 Å². The van der Waals surface area contributed by atoms with Gasteiger partial charge < -0.3 is 19.9 Å². The maximum absolute atomic E-state index is 11.8. The van der Waals surface area contributed by atoms with Crippen LogP contribution in [0.2, 0.25) is 0 Å². The van der Waals surface area contributed by atoms with Crippen LogP contribution in [0.15, 0.2) is 36.5 Å². The van der Waals surface area contributed by atoms with E-state index in [9.17, 15) is 4.79 Å². The summed E-state index contributed by atoms with van der Waals surface area (Å²) in [5, 5.41) is 11.6. The molecule has 2 aromatic rings. The Balaban J connectivity index is 1.60. The summed E-state index contributed by atoms with van der Waals surface area (Å²) in [4.78, 5) is 20.1. The minimum absolute atomic E-state index is 0.112. The SMILES string of the molecule is CCOC(=O)N1CCN(c2nncc(NC(C)c3ccccc3)n2)CC1. The van der Waals surface area contributed by atoms with Crippen LogP contribution in [0, 0.1) is 0 Å². The van der Waals surface area contributed by atoms with E-state index in [-0.39, 0.29) is 12.1 Å². The fraction of sp³-hybridized carbons (Fsp3) is 0.444. The molecule has 26 heavy (non-hydrogen) atoms. The van der Waals surface area contributed by atoms with E-state index < -0.39 is 0 Å². The van der Waals surface area contributed by atoms with Crippen LogP contribution in [0.25, 0.3) is 0 Å². The predicted molar refractivity (Wildman–Crippen MR) is 99.1 cm³/mol. The summed E-state index contributed by atoms with van der Waals surface area (Å²) in [6, 6.07) is 10.3. The summed E-state index contributed by atoms with van der Waals surface area (Å²) in [6.45, 7) is 6.74. The lowest BCUT2D eigenvalue weighted by Gasteiger charge is -2.33. The first-order chi connectivity index (χ1) is 12.7. The topological polar surface area (TPSA) is 83.5 Å². The van der Waals surface area contributed by atoms with E-state index in [0.717, 1.165) is 0 Å². The molecule has 1 amide bonds. The molecule has 1 aliphatic heterocycles. The van der Waals surface area contributed by atoms with Crippen LogP contribution in [-0.2, 0) is 4.74 Å². The molecule has 1 aliphatic rings. The van der Waals surface area contributed by atoms with E-state index >= 15 is 0 Å². The molecule has 138 valence electrons. The van der Waals surface area contributed by atoms with E-state index in [1.165, 1.54) is 5.56 Å². The van der Waals surface area contributed by atoms with Gasteiger partial charge in [0.2, 0.25) is 5.95 Å². The number of aromatic nitrogens is 3. The Labute approximate surface area is 153 Å². The highest BCUT2D eigenvalue weighted by molar-refractivity contribution is 5.68. The second-order valence-corrected chi connectivity index (χ2v) is 6.09. The normalized spacial score (nSPS) is 15.5. The van der Waals surface area contributed by atoms with Crippen molar-refractivity contribution in [2.45, 2.75) is 19.9 Å². The number of benzene rings is 1. The number of carbonyl (C=O) groups is 1. The second kappa shape index (κ2) is 8.46. The number of hydrogen-bond donors (Lipinski definition) is 1. The number of anilines is 2. The van der Waals surface area contributed by atoms with Crippen molar-refractivity contribution < 1.29 is 9.53 Å². The van der Waals surface area contributed by atoms with Gasteiger partial charge in [0, 0.05) is 32.2 Å². The minimum Gasteiger partial charge on any atom is -0.450 e. The lowest BCUT2D eigenvalue weighted by Crippen LogP contribution is -2.49. The van der Waals surface area contributed by atoms with Crippen molar-refractivity contribution in [2.75, 3.05) is 43.0 Å². The van der Waals surface area contributed by atoms with Gasteiger partial charge in [-0.05, 0) is 19.4 Å². The summed E-state index contributed by atoms with van der Waals surface area (Å²) < 4.78 is 5.04. The third-order valence-electron chi connectivity index (χ3n) is 4.30. The number of nitrogens with one attached hydrogen (secondary N) is 1. The van der Waals surface area contributed by atoms with Gasteiger partial charge in [0.1, 0.15) is 0 Å². The molecule has 1 fully saturated rings. The highest BCUT2D eigenvalue weighted by atomic mass is 16.6. The molecule has 0 radical (unpaired) electrons. The molecule has 3 rings (SSSR count). The van der Waals surface area contributed by atoms with Gasteiger partial charge in [-0.1, -0.05) is 30.3 Å². The Morgan fingerprint density at radius 3 is 2.65 bits per heavy atom. The van der Waals surface area contributed by atoms with Crippen LogP contribution < -0.4 is 10.2 Å². The monoisotopic (exact) mass is 356 g/mol. The zero-order valence-corrected chi connectivity index (χ0v) is 15.1. The third kappa shape index (κ3) is 4.38. The highest BCUT2D eigenvalue weighted by Crippen LogP contribution is 2.18. The fourth-order valence-corrected chi connectivity index (χ4v) is 2.85. The third-order valence-corrected chi connectivity index (χ3v) is 4.30. The first kappa shape index (κ1) is 17.9. The summed E-state index contributed by atoms with van der Waals surface area (Å²) >= 11 is 0. The van der Waals surface area contributed by atoms with Gasteiger partial charge >= 0.3 is 6.09 Å². The number of piperazine rings is 1. The van der Waals surface area contributed by atoms with Crippen molar-refractivity contribution in [3.8, 4) is 0 Å². The summed E-state index contributed by atoms with van der Waals surface area (Å²) in [5.74, 6) is 1.25. The van der Waals surface area contributed by atoms with Crippen LogP contribution in [0.3, 0.4) is 0 Å². The van der Waals surface area contributed by atoms with Crippen LogP contribution >= 0.6 is 0 Å². The smallest absolute Gasteiger partial charge is 0.409 e. The molecule has 1 aromatic heterocycles. The lowest BCUT2D eigenvalue weighted by atomic mass is 10.1. The number of hydrogen-bond acceptors (Lipinski definition) is 7. The molecule has 0 bridgehead atoms. The second-order valence-electron chi connectivity index (χ2n) is 6.09. The first-order valence-electron chi connectivity index (χ1n) is 8.85. The molecular weight excluding hydrogens is 332 g/mol. The fourth-order valence-electron chi connectivity index (χ4n) is 2.85. The maximum Gasteiger partial charge on any atom is 0.409 e. The van der Waals surface area contributed by atoms with Crippen LogP contribution in [0.1, 0.15) is 25.5 Å². The number of carbonyl (C=O) groups excluding carboxylic acids is 1. The first-order valence-corrected chi connectivity index (χ1v) is 8.85. The molecule has 1 unspecified atom stereocenters. The van der Waals surface area contributed by atoms with E-state index in [4.69, 9.17) is 4.74 Å². The number of amides is 1. The van der Waals surface area contributed by atoms with Crippen molar-refractivity contribution in [1.29, 1.82) is 0 Å². The standard InChI is InChI=1S/C18H24N6O2/c1-3-26-18(25)24-11-9-23(10-12-24)17-21-16(13-19-22-17)20-14(2)15-7-5-4-6-8-15/h4-8,13-14H,3,9-12H2,1-2H3,(H,20,21,22). The molecule has 0 saturated carbocycles. The summed E-state index contributed by atoms with van der Waals surface area (Å²) in [5.41, 5.74) is 1.18. The number of rotatable bonds is 5. The van der Waals surface area contributed by atoms with Gasteiger partial charge in [-0.25, -0.2) is 4.79 Å². The molecule has 1 N–H and O–H groups in total. The molecule has 1 aromatic carbocycles. The van der Waals surface area contributed by atoms with Crippen molar-refractivity contribution in [1.82, 2.24) is 20.1 Å². The zero-order chi connectivity index (χ0) is 18.4. The van der Waals surface area contributed by atoms with Crippen molar-refractivity contribution in [2.24, 2.45) is 0 Å². The van der Waals surface area contributed by atoms with E-state index in [1.54, 1.807) is 11.1 Å². The molecule has 0 spiro atoms. The molecule has 0 aliphatic carbocycles. The lowest BCUT2D eigenvalue weighted by molar-refractivity contribution is 0.105. The average molecular weight is 356 g/mol. The van der Waals surface area contributed by atoms with Crippen LogP contribution in [0.4, 0.5) is 16.6 Å². The Bertz CT molecular complexity index is 719. The number of nitrogens with zero attached hydrogens (tertiary/aromatic N) is 5. The zero-order valence-electron chi connectivity index (χ0n) is 15.1. The van der Waals surface area contributed by atoms with Gasteiger partial charge in [0.05, 0.1) is 12.8 Å². The van der Waals surface area contributed by atoms with Gasteiger partial charge in [0.15, 0.2) is 5.82 Å². The Hall–Kier alpha value is -2.90. The van der Waals surface area contributed by atoms with Crippen LogP contribution in [0.5, 0.6) is 0 Å². The predicted octanol–water partition coefficient (Wildman–Crippen LogP) is 2.32. The van der Waals surface area contributed by atoms with E-state index in [0.29, 0.717) is 44.6 Å². The van der Waals surface area contributed by atoms with Gasteiger partial charge in [-0.3, -0.25) is 0 Å². The summed E-state index contributed by atoms with van der Waals surface area (Å²) in [7, 11) is 0. The van der Waals surface area contributed by atoms with E-state index in [2.05, 4.69) is 39.6 Å². The van der Waals surface area contributed by atoms with Crippen LogP contribution in [-0.4, -0.2) is 59.0 Å². The molecular formula is C18H24N6O2. The average Bonchev–Trinajstić information content (AvgIpc) is 2.69. The largest absolute Gasteiger partial charge is 0.450 e. The Morgan fingerprint density at radius 2 is 1.96 bits per heavy atom. The quantitative estimate of drug-likeness (QED) is 0.880. The summed E-state index contributed by atoms with van der Waals surface area (Å²) in [6.07, 6.45) is 1.36. The highest BCUT2D eigenvalue weighted by Gasteiger charge is 2.23. The van der Waals surface area contributed by atoms with Crippen molar-refractivity contribution >= 4 is 17.9 Å². The minimum atomic E-state index is -0.265. The number of ether oxygens (including phenoxy) is 1. The van der Waals surface area contributed by atoms with E-state index in [1.807, 2.05) is 30.0 Å². The van der Waals surface area contributed by atoms with Gasteiger partial charge in [0.25, 0.3) is 0 Å². The van der Waals surface area contributed by atoms with Gasteiger partial charge in [-0.2, -0.15) is 10.1 Å². The maximum atomic E-state index is 11.8. The Kier molecular flexibility index (Phi) is 5.83. The molecule has 2 heterocycles. The molecule has 8 heteroatoms. The molecule has 1 saturated heterocycles. The van der Waals surface area contributed by atoms with Crippen molar-refractivity contribution in [3.63, 3.8) is 0 Å². The Morgan fingerprint density at radius 1 is 1.23 bits per heavy atom. The molecule has 1 atom stereocenters. The van der Waals surface area contributed by atoms with Crippen molar-refractivity contribution in [3.05, 3.63) is 42.1 Å².